The smallest absolute Gasteiger partial charge is 0.279 e. The number of benzene rings is 1. The number of hydrogen-bond acceptors (Lipinski definition) is 3. The minimum absolute atomic E-state index is 0.188. The standard InChI is InChI=1S/C14H15N3OS2/c18-13(12-7-4-10-20-12)16-17-14(19)15-9-8-11-5-2-1-3-6-11/h1-7,10H,8-9H2,(H,16,18)(H2,15,17,19). The van der Waals surface area contributed by atoms with Gasteiger partial charge in [0.15, 0.2) is 5.11 Å². The van der Waals surface area contributed by atoms with Crippen LogP contribution in [0.2, 0.25) is 0 Å². The first-order chi connectivity index (χ1) is 9.75. The summed E-state index contributed by atoms with van der Waals surface area (Å²) in [6.45, 7) is 0.713. The molecule has 0 aliphatic rings. The van der Waals surface area contributed by atoms with Gasteiger partial charge in [0.2, 0.25) is 0 Å². The molecule has 0 atom stereocenters. The third kappa shape index (κ3) is 4.64. The van der Waals surface area contributed by atoms with Crippen molar-refractivity contribution in [3.63, 3.8) is 0 Å². The van der Waals surface area contributed by atoms with Crippen LogP contribution in [-0.2, 0) is 6.42 Å². The Bertz CT molecular complexity index is 555. The molecule has 1 aromatic heterocycles. The molecule has 0 bridgehead atoms. The second kappa shape index (κ2) is 7.62. The summed E-state index contributed by atoms with van der Waals surface area (Å²) in [5.41, 5.74) is 6.48. The van der Waals surface area contributed by atoms with Gasteiger partial charge in [-0.05, 0) is 35.6 Å². The third-order valence-electron chi connectivity index (χ3n) is 2.58. The van der Waals surface area contributed by atoms with Gasteiger partial charge in [0.05, 0.1) is 4.88 Å². The Morgan fingerprint density at radius 2 is 1.90 bits per heavy atom. The summed E-state index contributed by atoms with van der Waals surface area (Å²) in [7, 11) is 0. The van der Waals surface area contributed by atoms with Gasteiger partial charge in [-0.2, -0.15) is 0 Å². The molecule has 6 heteroatoms. The Morgan fingerprint density at radius 1 is 1.10 bits per heavy atom. The van der Waals surface area contributed by atoms with Crippen molar-refractivity contribution < 1.29 is 4.79 Å². The van der Waals surface area contributed by atoms with Gasteiger partial charge < -0.3 is 5.32 Å². The number of amides is 1. The van der Waals surface area contributed by atoms with Crippen LogP contribution in [0.5, 0.6) is 0 Å². The van der Waals surface area contributed by atoms with E-state index in [9.17, 15) is 4.79 Å². The van der Waals surface area contributed by atoms with Crippen LogP contribution >= 0.6 is 23.6 Å². The van der Waals surface area contributed by atoms with Crippen molar-refractivity contribution in [3.05, 3.63) is 58.3 Å². The van der Waals surface area contributed by atoms with Gasteiger partial charge in [0.25, 0.3) is 5.91 Å². The van der Waals surface area contributed by atoms with E-state index in [2.05, 4.69) is 28.3 Å². The van der Waals surface area contributed by atoms with Crippen molar-refractivity contribution in [1.82, 2.24) is 16.2 Å². The highest BCUT2D eigenvalue weighted by Crippen LogP contribution is 2.06. The van der Waals surface area contributed by atoms with Gasteiger partial charge in [0, 0.05) is 6.54 Å². The molecule has 2 rings (SSSR count). The van der Waals surface area contributed by atoms with E-state index in [1.807, 2.05) is 29.6 Å². The Morgan fingerprint density at radius 3 is 2.60 bits per heavy atom. The maximum absolute atomic E-state index is 11.7. The Kier molecular flexibility index (Phi) is 5.52. The predicted octanol–water partition coefficient (Wildman–Crippen LogP) is 2.10. The van der Waals surface area contributed by atoms with Crippen molar-refractivity contribution in [2.45, 2.75) is 6.42 Å². The topological polar surface area (TPSA) is 53.2 Å². The van der Waals surface area contributed by atoms with E-state index < -0.39 is 0 Å². The highest BCUT2D eigenvalue weighted by molar-refractivity contribution is 7.80. The number of hydrogen-bond donors (Lipinski definition) is 3. The summed E-state index contributed by atoms with van der Waals surface area (Å²) in [5.74, 6) is -0.188. The van der Waals surface area contributed by atoms with Gasteiger partial charge in [-0.15, -0.1) is 11.3 Å². The molecule has 0 unspecified atom stereocenters. The van der Waals surface area contributed by atoms with Crippen LogP contribution in [-0.4, -0.2) is 17.6 Å². The zero-order chi connectivity index (χ0) is 14.2. The first-order valence-corrected chi connectivity index (χ1v) is 7.46. The Balaban J connectivity index is 1.65. The number of carbonyl (C=O) groups is 1. The number of thiophene rings is 1. The number of carbonyl (C=O) groups excluding carboxylic acids is 1. The monoisotopic (exact) mass is 305 g/mol. The van der Waals surface area contributed by atoms with E-state index >= 15 is 0 Å². The summed E-state index contributed by atoms with van der Waals surface area (Å²) in [6, 6.07) is 13.7. The van der Waals surface area contributed by atoms with Crippen LogP contribution < -0.4 is 16.2 Å². The molecule has 0 fully saturated rings. The number of hydrazine groups is 1. The molecule has 104 valence electrons. The molecule has 0 aliphatic heterocycles. The van der Waals surface area contributed by atoms with Gasteiger partial charge in [-0.1, -0.05) is 36.4 Å². The fourth-order valence-electron chi connectivity index (χ4n) is 1.59. The second-order valence-electron chi connectivity index (χ2n) is 4.05. The molecule has 1 amide bonds. The van der Waals surface area contributed by atoms with E-state index in [-0.39, 0.29) is 5.91 Å². The van der Waals surface area contributed by atoms with Gasteiger partial charge in [-0.3, -0.25) is 15.6 Å². The van der Waals surface area contributed by atoms with Crippen molar-refractivity contribution in [3.8, 4) is 0 Å². The molecule has 20 heavy (non-hydrogen) atoms. The van der Waals surface area contributed by atoms with Crippen molar-refractivity contribution in [1.29, 1.82) is 0 Å². The first-order valence-electron chi connectivity index (χ1n) is 6.17. The zero-order valence-corrected chi connectivity index (χ0v) is 12.4. The van der Waals surface area contributed by atoms with Crippen LogP contribution in [0, 0.1) is 0 Å². The van der Waals surface area contributed by atoms with Crippen molar-refractivity contribution in [2.75, 3.05) is 6.54 Å². The molecule has 0 saturated carbocycles. The summed E-state index contributed by atoms with van der Waals surface area (Å²) in [6.07, 6.45) is 0.877. The van der Waals surface area contributed by atoms with Crippen molar-refractivity contribution >= 4 is 34.6 Å². The normalized spacial score (nSPS) is 9.80. The lowest BCUT2D eigenvalue weighted by Crippen LogP contribution is -2.47. The molecular formula is C14H15N3OS2. The number of nitrogens with one attached hydrogen (secondary N) is 3. The summed E-state index contributed by atoms with van der Waals surface area (Å²) in [4.78, 5) is 12.3. The maximum atomic E-state index is 11.7. The van der Waals surface area contributed by atoms with Crippen LogP contribution in [0.15, 0.2) is 47.8 Å². The second-order valence-corrected chi connectivity index (χ2v) is 5.40. The molecular weight excluding hydrogens is 290 g/mol. The van der Waals surface area contributed by atoms with Crippen LogP contribution in [0.3, 0.4) is 0 Å². The predicted molar refractivity (Wildman–Crippen MR) is 85.7 cm³/mol. The van der Waals surface area contributed by atoms with E-state index in [1.165, 1.54) is 16.9 Å². The molecule has 0 spiro atoms. The maximum Gasteiger partial charge on any atom is 0.279 e. The molecule has 3 N–H and O–H groups in total. The van der Waals surface area contributed by atoms with Crippen LogP contribution in [0.1, 0.15) is 15.2 Å². The lowest BCUT2D eigenvalue weighted by molar-refractivity contribution is 0.0948. The van der Waals surface area contributed by atoms with Crippen LogP contribution in [0.4, 0.5) is 0 Å². The lowest BCUT2D eigenvalue weighted by Gasteiger charge is -2.10. The highest BCUT2D eigenvalue weighted by Gasteiger charge is 2.05. The Labute approximate surface area is 127 Å². The quantitative estimate of drug-likeness (QED) is 0.598. The SMILES string of the molecule is O=C(NNC(=S)NCCc1ccccc1)c1cccs1. The zero-order valence-electron chi connectivity index (χ0n) is 10.8. The minimum Gasteiger partial charge on any atom is -0.361 e. The third-order valence-corrected chi connectivity index (χ3v) is 3.69. The van der Waals surface area contributed by atoms with Gasteiger partial charge >= 0.3 is 0 Å². The molecule has 1 aromatic carbocycles. The molecule has 1 heterocycles. The average molecular weight is 305 g/mol. The fourth-order valence-corrected chi connectivity index (χ4v) is 2.36. The summed E-state index contributed by atoms with van der Waals surface area (Å²) < 4.78 is 0. The highest BCUT2D eigenvalue weighted by atomic mass is 32.1. The lowest BCUT2D eigenvalue weighted by atomic mass is 10.1. The van der Waals surface area contributed by atoms with E-state index in [1.54, 1.807) is 6.07 Å². The van der Waals surface area contributed by atoms with E-state index in [0.29, 0.717) is 16.5 Å². The fraction of sp³-hybridized carbons (Fsp3) is 0.143. The Hall–Kier alpha value is -1.92. The van der Waals surface area contributed by atoms with Gasteiger partial charge in [-0.25, -0.2) is 0 Å². The van der Waals surface area contributed by atoms with E-state index in [0.717, 1.165) is 6.42 Å². The number of thiocarbonyl (C=S) groups is 1. The molecule has 0 radical (unpaired) electrons. The molecule has 2 aromatic rings. The van der Waals surface area contributed by atoms with E-state index in [4.69, 9.17) is 12.2 Å². The van der Waals surface area contributed by atoms with Crippen molar-refractivity contribution in [2.24, 2.45) is 0 Å². The van der Waals surface area contributed by atoms with Gasteiger partial charge in [0.1, 0.15) is 0 Å². The molecule has 4 nitrogen and oxygen atoms in total. The average Bonchev–Trinajstić information content (AvgIpc) is 3.00. The minimum atomic E-state index is -0.188. The molecule has 0 aliphatic carbocycles. The first kappa shape index (κ1) is 14.5. The summed E-state index contributed by atoms with van der Waals surface area (Å²) >= 11 is 6.47. The van der Waals surface area contributed by atoms with Crippen LogP contribution in [0.25, 0.3) is 0 Å². The molecule has 0 saturated heterocycles. The summed E-state index contributed by atoms with van der Waals surface area (Å²) in [5, 5.41) is 5.30. The number of rotatable bonds is 4. The largest absolute Gasteiger partial charge is 0.361 e.